The molecule has 1 aliphatic heterocycles. The molecule has 1 aromatic carbocycles. The molecule has 0 spiro atoms. The fourth-order valence-corrected chi connectivity index (χ4v) is 3.17. The van der Waals surface area contributed by atoms with Gasteiger partial charge in [-0.3, -0.25) is 9.80 Å². The van der Waals surface area contributed by atoms with E-state index in [-0.39, 0.29) is 11.6 Å². The maximum atomic E-state index is 6.26. The minimum atomic E-state index is 0.151. The first-order valence-electron chi connectivity index (χ1n) is 7.69. The lowest BCUT2D eigenvalue weighted by molar-refractivity contribution is 0.0369. The molecule has 1 aliphatic rings. The first-order chi connectivity index (χ1) is 9.39. The Bertz CT molecular complexity index is 400. The van der Waals surface area contributed by atoms with E-state index in [1.807, 2.05) is 0 Å². The van der Waals surface area contributed by atoms with E-state index in [0.717, 1.165) is 26.2 Å². The van der Waals surface area contributed by atoms with Gasteiger partial charge in [-0.1, -0.05) is 30.3 Å². The molecule has 2 unspecified atom stereocenters. The van der Waals surface area contributed by atoms with Gasteiger partial charge in [0.1, 0.15) is 0 Å². The minimum absolute atomic E-state index is 0.151. The quantitative estimate of drug-likeness (QED) is 0.920. The highest BCUT2D eigenvalue weighted by molar-refractivity contribution is 5.20. The molecule has 1 aromatic rings. The number of benzene rings is 1. The lowest BCUT2D eigenvalue weighted by atomic mass is 9.97. The van der Waals surface area contributed by atoms with Crippen LogP contribution in [0, 0.1) is 0 Å². The van der Waals surface area contributed by atoms with Crippen LogP contribution < -0.4 is 5.73 Å². The molecule has 1 fully saturated rings. The van der Waals surface area contributed by atoms with Crippen molar-refractivity contribution in [2.75, 3.05) is 26.2 Å². The van der Waals surface area contributed by atoms with Crippen LogP contribution in [-0.2, 0) is 0 Å². The van der Waals surface area contributed by atoms with Gasteiger partial charge in [-0.25, -0.2) is 0 Å². The number of rotatable bonds is 3. The zero-order chi connectivity index (χ0) is 14.8. The van der Waals surface area contributed by atoms with Crippen molar-refractivity contribution in [3.63, 3.8) is 0 Å². The third kappa shape index (κ3) is 3.60. The van der Waals surface area contributed by atoms with Crippen molar-refractivity contribution in [1.29, 1.82) is 0 Å². The monoisotopic (exact) mass is 275 g/mol. The molecule has 0 saturated carbocycles. The van der Waals surface area contributed by atoms with E-state index in [4.69, 9.17) is 5.73 Å². The van der Waals surface area contributed by atoms with Crippen molar-refractivity contribution >= 4 is 0 Å². The number of hydrogen-bond donors (Lipinski definition) is 1. The van der Waals surface area contributed by atoms with Gasteiger partial charge in [0.25, 0.3) is 0 Å². The Hall–Kier alpha value is -0.900. The fourth-order valence-electron chi connectivity index (χ4n) is 3.17. The Kier molecular flexibility index (Phi) is 4.84. The molecule has 2 N–H and O–H groups in total. The molecule has 0 aliphatic carbocycles. The molecule has 2 atom stereocenters. The molecule has 20 heavy (non-hydrogen) atoms. The molecule has 0 amide bonds. The van der Waals surface area contributed by atoms with Crippen LogP contribution in [-0.4, -0.2) is 47.6 Å². The smallest absolute Gasteiger partial charge is 0.0497 e. The van der Waals surface area contributed by atoms with Gasteiger partial charge < -0.3 is 5.73 Å². The SMILES string of the molecule is CC(N)C(c1ccccc1)N1CCN(C(C)(C)C)CC1. The molecule has 3 nitrogen and oxygen atoms in total. The number of hydrogen-bond acceptors (Lipinski definition) is 3. The Morgan fingerprint density at radius 3 is 2.00 bits per heavy atom. The van der Waals surface area contributed by atoms with Crippen molar-refractivity contribution in [1.82, 2.24) is 9.80 Å². The van der Waals surface area contributed by atoms with Crippen LogP contribution in [0.2, 0.25) is 0 Å². The number of nitrogens with two attached hydrogens (primary N) is 1. The zero-order valence-electron chi connectivity index (χ0n) is 13.3. The normalized spacial score (nSPS) is 21.6. The van der Waals surface area contributed by atoms with Gasteiger partial charge in [-0.05, 0) is 33.3 Å². The summed E-state index contributed by atoms with van der Waals surface area (Å²) >= 11 is 0. The third-order valence-electron chi connectivity index (χ3n) is 4.30. The van der Waals surface area contributed by atoms with E-state index in [9.17, 15) is 0 Å². The van der Waals surface area contributed by atoms with Crippen LogP contribution in [0.15, 0.2) is 30.3 Å². The van der Waals surface area contributed by atoms with Gasteiger partial charge in [0.2, 0.25) is 0 Å². The predicted octanol–water partition coefficient (Wildman–Crippen LogP) is 2.49. The summed E-state index contributed by atoms with van der Waals surface area (Å²) in [6.07, 6.45) is 0. The van der Waals surface area contributed by atoms with Crippen LogP contribution in [0.5, 0.6) is 0 Å². The molecule has 0 bridgehead atoms. The summed E-state index contributed by atoms with van der Waals surface area (Å²) in [6, 6.07) is 11.2. The Balaban J connectivity index is 2.07. The third-order valence-corrected chi connectivity index (χ3v) is 4.30. The molecule has 3 heteroatoms. The average molecular weight is 275 g/mol. The minimum Gasteiger partial charge on any atom is -0.326 e. The topological polar surface area (TPSA) is 32.5 Å². The largest absolute Gasteiger partial charge is 0.326 e. The molecule has 0 radical (unpaired) electrons. The van der Waals surface area contributed by atoms with Crippen molar-refractivity contribution < 1.29 is 0 Å². The summed E-state index contributed by atoms with van der Waals surface area (Å²) < 4.78 is 0. The van der Waals surface area contributed by atoms with E-state index < -0.39 is 0 Å². The highest BCUT2D eigenvalue weighted by Crippen LogP contribution is 2.26. The lowest BCUT2D eigenvalue weighted by Crippen LogP contribution is -2.55. The Labute approximate surface area is 123 Å². The van der Waals surface area contributed by atoms with E-state index in [2.05, 4.69) is 67.8 Å². The van der Waals surface area contributed by atoms with Crippen LogP contribution >= 0.6 is 0 Å². The van der Waals surface area contributed by atoms with Gasteiger partial charge in [0, 0.05) is 43.8 Å². The van der Waals surface area contributed by atoms with Crippen molar-refractivity contribution in [3.05, 3.63) is 35.9 Å². The summed E-state index contributed by atoms with van der Waals surface area (Å²) in [5, 5.41) is 0. The zero-order valence-corrected chi connectivity index (χ0v) is 13.3. The highest BCUT2D eigenvalue weighted by Gasteiger charge is 2.30. The summed E-state index contributed by atoms with van der Waals surface area (Å²) in [6.45, 7) is 13.4. The molecule has 2 rings (SSSR count). The number of piperazine rings is 1. The molecule has 112 valence electrons. The van der Waals surface area contributed by atoms with Gasteiger partial charge >= 0.3 is 0 Å². The van der Waals surface area contributed by atoms with Crippen molar-refractivity contribution in [2.24, 2.45) is 5.73 Å². The second-order valence-corrected chi connectivity index (χ2v) is 6.91. The molecular weight excluding hydrogens is 246 g/mol. The average Bonchev–Trinajstić information content (AvgIpc) is 2.39. The summed E-state index contributed by atoms with van der Waals surface area (Å²) in [7, 11) is 0. The summed E-state index contributed by atoms with van der Waals surface area (Å²) in [5.41, 5.74) is 7.87. The lowest BCUT2D eigenvalue weighted by Gasteiger charge is -2.45. The van der Waals surface area contributed by atoms with Gasteiger partial charge in [-0.15, -0.1) is 0 Å². The van der Waals surface area contributed by atoms with E-state index >= 15 is 0 Å². The molecule has 1 heterocycles. The Morgan fingerprint density at radius 1 is 1.00 bits per heavy atom. The maximum Gasteiger partial charge on any atom is 0.0497 e. The molecule has 1 saturated heterocycles. The first-order valence-corrected chi connectivity index (χ1v) is 7.69. The van der Waals surface area contributed by atoms with Gasteiger partial charge in [0.05, 0.1) is 0 Å². The summed E-state index contributed by atoms with van der Waals surface area (Å²) in [5.74, 6) is 0. The van der Waals surface area contributed by atoms with Crippen LogP contribution in [0.1, 0.15) is 39.3 Å². The first kappa shape index (κ1) is 15.5. The maximum absolute atomic E-state index is 6.26. The van der Waals surface area contributed by atoms with E-state index in [1.54, 1.807) is 0 Å². The van der Waals surface area contributed by atoms with Crippen LogP contribution in [0.3, 0.4) is 0 Å². The second kappa shape index (κ2) is 6.25. The van der Waals surface area contributed by atoms with Crippen molar-refractivity contribution in [2.45, 2.75) is 45.3 Å². The highest BCUT2D eigenvalue weighted by atomic mass is 15.3. The molecule has 0 aromatic heterocycles. The van der Waals surface area contributed by atoms with Crippen molar-refractivity contribution in [3.8, 4) is 0 Å². The van der Waals surface area contributed by atoms with E-state index in [1.165, 1.54) is 5.56 Å². The standard InChI is InChI=1S/C17H29N3/c1-14(18)16(15-8-6-5-7-9-15)19-10-12-20(13-11-19)17(2,3)4/h5-9,14,16H,10-13,18H2,1-4H3. The molecular formula is C17H29N3. The van der Waals surface area contributed by atoms with Crippen LogP contribution in [0.25, 0.3) is 0 Å². The van der Waals surface area contributed by atoms with E-state index in [0.29, 0.717) is 6.04 Å². The Morgan fingerprint density at radius 2 is 1.55 bits per heavy atom. The van der Waals surface area contributed by atoms with Gasteiger partial charge in [-0.2, -0.15) is 0 Å². The number of nitrogens with zero attached hydrogens (tertiary/aromatic N) is 2. The fraction of sp³-hybridized carbons (Fsp3) is 0.647. The second-order valence-electron chi connectivity index (χ2n) is 6.91. The van der Waals surface area contributed by atoms with Gasteiger partial charge in [0.15, 0.2) is 0 Å². The predicted molar refractivity (Wildman–Crippen MR) is 85.7 cm³/mol. The van der Waals surface area contributed by atoms with Crippen LogP contribution in [0.4, 0.5) is 0 Å². The summed E-state index contributed by atoms with van der Waals surface area (Å²) in [4.78, 5) is 5.11.